The zero-order valence-electron chi connectivity index (χ0n) is 12.9. The standard InChI is InChI=1S/C17H17N3O3/c1-10-7-14(11(2)23-10)17(22)20-19-16(21)8-12-9-18-15-6-4-3-5-13(12)15/h3-7,9,18H,8H2,1-2H3,(H,19,21)(H,20,22). The fourth-order valence-corrected chi connectivity index (χ4v) is 2.55. The smallest absolute Gasteiger partial charge is 0.273 e. The third-order valence-electron chi connectivity index (χ3n) is 3.63. The van der Waals surface area contributed by atoms with Crippen molar-refractivity contribution in [2.75, 3.05) is 0 Å². The number of amides is 2. The third-order valence-corrected chi connectivity index (χ3v) is 3.63. The molecule has 0 aliphatic carbocycles. The van der Waals surface area contributed by atoms with Crippen LogP contribution in [0.2, 0.25) is 0 Å². The van der Waals surface area contributed by atoms with Crippen LogP contribution in [0.4, 0.5) is 0 Å². The normalized spacial score (nSPS) is 10.7. The van der Waals surface area contributed by atoms with Gasteiger partial charge in [-0.15, -0.1) is 0 Å². The SMILES string of the molecule is Cc1cc(C(=O)NNC(=O)Cc2c[nH]c3ccccc23)c(C)o1. The van der Waals surface area contributed by atoms with E-state index in [1.165, 1.54) is 0 Å². The number of hydrogen-bond donors (Lipinski definition) is 3. The second kappa shape index (κ2) is 6.00. The zero-order valence-corrected chi connectivity index (χ0v) is 12.9. The number of benzene rings is 1. The Labute approximate surface area is 132 Å². The van der Waals surface area contributed by atoms with Crippen LogP contribution >= 0.6 is 0 Å². The molecule has 0 atom stereocenters. The molecule has 2 heterocycles. The highest BCUT2D eigenvalue weighted by Crippen LogP contribution is 2.18. The van der Waals surface area contributed by atoms with Crippen molar-refractivity contribution < 1.29 is 14.0 Å². The molecular formula is C17H17N3O3. The van der Waals surface area contributed by atoms with E-state index in [0.717, 1.165) is 16.5 Å². The van der Waals surface area contributed by atoms with Crippen molar-refractivity contribution in [1.29, 1.82) is 0 Å². The second-order valence-corrected chi connectivity index (χ2v) is 5.37. The molecule has 0 aliphatic heterocycles. The maximum Gasteiger partial charge on any atom is 0.273 e. The van der Waals surface area contributed by atoms with Crippen molar-refractivity contribution in [2.24, 2.45) is 0 Å². The number of hydrogen-bond acceptors (Lipinski definition) is 3. The van der Waals surface area contributed by atoms with E-state index in [4.69, 9.17) is 4.42 Å². The number of aromatic amines is 1. The van der Waals surface area contributed by atoms with Gasteiger partial charge in [-0.05, 0) is 31.5 Å². The van der Waals surface area contributed by atoms with Crippen LogP contribution in [0.1, 0.15) is 27.4 Å². The molecule has 6 heteroatoms. The average molecular weight is 311 g/mol. The van der Waals surface area contributed by atoms with Gasteiger partial charge < -0.3 is 9.40 Å². The van der Waals surface area contributed by atoms with E-state index in [1.807, 2.05) is 24.3 Å². The summed E-state index contributed by atoms with van der Waals surface area (Å²) in [5, 5.41) is 0.996. The van der Waals surface area contributed by atoms with Gasteiger partial charge in [0.05, 0.1) is 12.0 Å². The number of nitrogens with one attached hydrogen (secondary N) is 3. The summed E-state index contributed by atoms with van der Waals surface area (Å²) in [6.07, 6.45) is 1.98. The lowest BCUT2D eigenvalue weighted by Crippen LogP contribution is -2.42. The van der Waals surface area contributed by atoms with Crippen molar-refractivity contribution in [3.8, 4) is 0 Å². The summed E-state index contributed by atoms with van der Waals surface area (Å²) in [7, 11) is 0. The third kappa shape index (κ3) is 3.11. The van der Waals surface area contributed by atoms with Crippen LogP contribution in [0.5, 0.6) is 0 Å². The number of fused-ring (bicyclic) bond motifs is 1. The van der Waals surface area contributed by atoms with Gasteiger partial charge in [-0.25, -0.2) is 0 Å². The van der Waals surface area contributed by atoms with Gasteiger partial charge in [0.1, 0.15) is 11.5 Å². The number of para-hydroxylation sites is 1. The Balaban J connectivity index is 1.61. The van der Waals surface area contributed by atoms with Gasteiger partial charge >= 0.3 is 0 Å². The number of aryl methyl sites for hydroxylation is 2. The Morgan fingerprint density at radius 1 is 1.17 bits per heavy atom. The number of furan rings is 1. The first kappa shape index (κ1) is 14.9. The zero-order chi connectivity index (χ0) is 16.4. The molecule has 0 aliphatic rings. The number of carbonyl (C=O) groups excluding carboxylic acids is 2. The summed E-state index contributed by atoms with van der Waals surface area (Å²) in [5.74, 6) is 0.483. The van der Waals surface area contributed by atoms with E-state index in [-0.39, 0.29) is 12.3 Å². The average Bonchev–Trinajstić information content (AvgIpc) is 3.08. The predicted molar refractivity (Wildman–Crippen MR) is 85.8 cm³/mol. The molecule has 0 spiro atoms. The molecule has 6 nitrogen and oxygen atoms in total. The first-order valence-electron chi connectivity index (χ1n) is 7.26. The summed E-state index contributed by atoms with van der Waals surface area (Å²) in [6.45, 7) is 3.47. The minimum absolute atomic E-state index is 0.174. The maximum absolute atomic E-state index is 12.0. The van der Waals surface area contributed by atoms with Crippen LogP contribution in [0.25, 0.3) is 10.9 Å². The van der Waals surface area contributed by atoms with Gasteiger partial charge in [0, 0.05) is 17.1 Å². The highest BCUT2D eigenvalue weighted by atomic mass is 16.3. The molecule has 2 amide bonds. The van der Waals surface area contributed by atoms with Crippen LogP contribution in [-0.2, 0) is 11.2 Å². The second-order valence-electron chi connectivity index (χ2n) is 5.37. The Morgan fingerprint density at radius 3 is 2.70 bits per heavy atom. The fourth-order valence-electron chi connectivity index (χ4n) is 2.55. The monoisotopic (exact) mass is 311 g/mol. The van der Waals surface area contributed by atoms with E-state index in [1.54, 1.807) is 26.1 Å². The summed E-state index contributed by atoms with van der Waals surface area (Å²) < 4.78 is 5.30. The molecule has 0 saturated heterocycles. The molecule has 0 fully saturated rings. The Bertz CT molecular complexity index is 876. The molecule has 0 saturated carbocycles. The van der Waals surface area contributed by atoms with E-state index in [9.17, 15) is 9.59 Å². The van der Waals surface area contributed by atoms with Crippen molar-refractivity contribution >= 4 is 22.7 Å². The van der Waals surface area contributed by atoms with Crippen molar-refractivity contribution in [3.63, 3.8) is 0 Å². The molecule has 0 radical (unpaired) electrons. The lowest BCUT2D eigenvalue weighted by molar-refractivity contribution is -0.121. The molecule has 1 aromatic carbocycles. The first-order chi connectivity index (χ1) is 11.0. The van der Waals surface area contributed by atoms with Crippen molar-refractivity contribution in [1.82, 2.24) is 15.8 Å². The lowest BCUT2D eigenvalue weighted by Gasteiger charge is -2.06. The quantitative estimate of drug-likeness (QED) is 0.649. The van der Waals surface area contributed by atoms with Gasteiger partial charge in [0.15, 0.2) is 0 Å². The predicted octanol–water partition coefficient (Wildman–Crippen LogP) is 2.38. The molecule has 23 heavy (non-hydrogen) atoms. The molecule has 3 N–H and O–H groups in total. The molecule has 3 rings (SSSR count). The van der Waals surface area contributed by atoms with E-state index < -0.39 is 5.91 Å². The Kier molecular flexibility index (Phi) is 3.89. The van der Waals surface area contributed by atoms with Crippen molar-refractivity contribution in [3.05, 3.63) is 59.2 Å². The van der Waals surface area contributed by atoms with Gasteiger partial charge in [0.2, 0.25) is 5.91 Å². The number of hydrazine groups is 1. The van der Waals surface area contributed by atoms with Gasteiger partial charge in [-0.1, -0.05) is 18.2 Å². The Hall–Kier alpha value is -3.02. The topological polar surface area (TPSA) is 87.1 Å². The van der Waals surface area contributed by atoms with Gasteiger partial charge in [-0.2, -0.15) is 0 Å². The van der Waals surface area contributed by atoms with E-state index >= 15 is 0 Å². The molecular weight excluding hydrogens is 294 g/mol. The van der Waals surface area contributed by atoms with Gasteiger partial charge in [-0.3, -0.25) is 20.4 Å². The molecule has 2 aromatic heterocycles. The van der Waals surface area contributed by atoms with Crippen molar-refractivity contribution in [2.45, 2.75) is 20.3 Å². The minimum atomic E-state index is -0.397. The number of carbonyl (C=O) groups is 2. The van der Waals surface area contributed by atoms with Crippen LogP contribution in [-0.4, -0.2) is 16.8 Å². The van der Waals surface area contributed by atoms with E-state index in [0.29, 0.717) is 17.1 Å². The number of rotatable bonds is 3. The summed E-state index contributed by atoms with van der Waals surface area (Å²) in [6, 6.07) is 9.38. The van der Waals surface area contributed by atoms with Crippen LogP contribution in [0, 0.1) is 13.8 Å². The Morgan fingerprint density at radius 2 is 1.96 bits per heavy atom. The first-order valence-corrected chi connectivity index (χ1v) is 7.26. The van der Waals surface area contributed by atoms with E-state index in [2.05, 4.69) is 15.8 Å². The highest BCUT2D eigenvalue weighted by Gasteiger charge is 2.14. The fraction of sp³-hybridized carbons (Fsp3) is 0.176. The molecule has 0 bridgehead atoms. The van der Waals surface area contributed by atoms with Crippen LogP contribution < -0.4 is 10.9 Å². The van der Waals surface area contributed by atoms with Gasteiger partial charge in [0.25, 0.3) is 5.91 Å². The lowest BCUT2D eigenvalue weighted by atomic mass is 10.1. The highest BCUT2D eigenvalue weighted by molar-refractivity contribution is 5.97. The maximum atomic E-state index is 12.0. The molecule has 0 unspecified atom stereocenters. The number of H-pyrrole nitrogens is 1. The van der Waals surface area contributed by atoms with Crippen LogP contribution in [0.15, 0.2) is 40.9 Å². The summed E-state index contributed by atoms with van der Waals surface area (Å²) in [5.41, 5.74) is 7.10. The summed E-state index contributed by atoms with van der Waals surface area (Å²) in [4.78, 5) is 27.1. The largest absolute Gasteiger partial charge is 0.466 e. The molecule has 118 valence electrons. The molecule has 3 aromatic rings. The van der Waals surface area contributed by atoms with Crippen LogP contribution in [0.3, 0.4) is 0 Å². The number of aromatic nitrogens is 1. The minimum Gasteiger partial charge on any atom is -0.466 e. The summed E-state index contributed by atoms with van der Waals surface area (Å²) >= 11 is 0.